The van der Waals surface area contributed by atoms with E-state index in [2.05, 4.69) is 47.8 Å². The lowest BCUT2D eigenvalue weighted by molar-refractivity contribution is -0.122. The Morgan fingerprint density at radius 1 is 0.909 bits per heavy atom. The Morgan fingerprint density at radius 2 is 1.52 bits per heavy atom. The first-order chi connectivity index (χ1) is 21.0. The molecule has 0 N–H and O–H groups in total. The van der Waals surface area contributed by atoms with Crippen LogP contribution in [0.3, 0.4) is 0 Å². The molecule has 224 valence electrons. The van der Waals surface area contributed by atoms with Gasteiger partial charge in [0.2, 0.25) is 17.6 Å². The van der Waals surface area contributed by atoms with E-state index in [4.69, 9.17) is 9.72 Å². The summed E-state index contributed by atoms with van der Waals surface area (Å²) in [7, 11) is 0. The fraction of sp³-hybridized carbons (Fsp3) is 0.265. The van der Waals surface area contributed by atoms with Crippen LogP contribution in [-0.2, 0) is 14.3 Å². The van der Waals surface area contributed by atoms with Crippen molar-refractivity contribution < 1.29 is 23.9 Å². The normalized spacial score (nSPS) is 22.2. The van der Waals surface area contributed by atoms with E-state index in [0.717, 1.165) is 10.0 Å². The molecule has 4 aromatic rings. The number of fused-ring (bicyclic) bond motifs is 2. The van der Waals surface area contributed by atoms with Crippen molar-refractivity contribution in [1.29, 1.82) is 0 Å². The first-order valence-electron chi connectivity index (χ1n) is 14.2. The molecular weight excluding hydrogens is 756 g/mol. The maximum absolute atomic E-state index is 13.6. The third-order valence-electron chi connectivity index (χ3n) is 8.33. The number of benzene rings is 3. The van der Waals surface area contributed by atoms with Crippen molar-refractivity contribution in [2.45, 2.75) is 42.4 Å². The minimum Gasteiger partial charge on any atom is -0.451 e. The Bertz CT molecular complexity index is 1780. The molecule has 2 heterocycles. The Kier molecular flexibility index (Phi) is 8.60. The molecule has 2 fully saturated rings. The van der Waals surface area contributed by atoms with Crippen molar-refractivity contribution in [3.05, 3.63) is 94.0 Å². The number of rotatable bonds is 6. The van der Waals surface area contributed by atoms with Gasteiger partial charge in [-0.1, -0.05) is 90.3 Å². The molecule has 5 unspecified atom stereocenters. The van der Waals surface area contributed by atoms with Crippen molar-refractivity contribution in [3.63, 3.8) is 0 Å². The predicted molar refractivity (Wildman–Crippen MR) is 179 cm³/mol. The Morgan fingerprint density at radius 3 is 2.14 bits per heavy atom. The highest BCUT2D eigenvalue weighted by molar-refractivity contribution is 9.12. The highest BCUT2D eigenvalue weighted by Gasteiger charge is 2.52. The molecule has 2 amide bonds. The molecule has 3 aromatic carbocycles. The zero-order valence-corrected chi connectivity index (χ0v) is 28.6. The number of esters is 1. The summed E-state index contributed by atoms with van der Waals surface area (Å²) < 4.78 is 6.46. The van der Waals surface area contributed by atoms with Crippen LogP contribution in [0, 0.1) is 18.8 Å². The van der Waals surface area contributed by atoms with Gasteiger partial charge in [0.05, 0.1) is 34.3 Å². The lowest BCUT2D eigenvalue weighted by Gasteiger charge is -2.29. The van der Waals surface area contributed by atoms with E-state index < -0.39 is 12.1 Å². The molecule has 1 aliphatic carbocycles. The number of hydrogen-bond acceptors (Lipinski definition) is 6. The highest BCUT2D eigenvalue weighted by Crippen LogP contribution is 2.44. The number of carbonyl (C=O) groups excluding carboxylic acids is 4. The molecule has 10 heteroatoms. The van der Waals surface area contributed by atoms with Crippen molar-refractivity contribution in [2.75, 3.05) is 4.90 Å². The van der Waals surface area contributed by atoms with Gasteiger partial charge >= 0.3 is 5.97 Å². The maximum Gasteiger partial charge on any atom is 0.339 e. The van der Waals surface area contributed by atoms with Crippen molar-refractivity contribution in [2.24, 2.45) is 11.8 Å². The molecular formula is C34H27Br3N2O5. The largest absolute Gasteiger partial charge is 0.451 e. The number of halogens is 3. The smallest absolute Gasteiger partial charge is 0.339 e. The fourth-order valence-corrected chi connectivity index (χ4v) is 7.83. The molecule has 1 aliphatic heterocycles. The van der Waals surface area contributed by atoms with Gasteiger partial charge in [0.1, 0.15) is 0 Å². The van der Waals surface area contributed by atoms with E-state index >= 15 is 0 Å². The van der Waals surface area contributed by atoms with Crippen LogP contribution < -0.4 is 4.90 Å². The first kappa shape index (κ1) is 30.8. The summed E-state index contributed by atoms with van der Waals surface area (Å²) >= 11 is 10.8. The number of ether oxygens (including phenoxy) is 1. The summed E-state index contributed by atoms with van der Waals surface area (Å²) in [6.45, 7) is 3.47. The summed E-state index contributed by atoms with van der Waals surface area (Å²) in [6, 6.07) is 21.1. The summed E-state index contributed by atoms with van der Waals surface area (Å²) in [6.07, 6.45) is 0.206. The average molecular weight is 783 g/mol. The van der Waals surface area contributed by atoms with Gasteiger partial charge in [-0.2, -0.15) is 0 Å². The van der Waals surface area contributed by atoms with Gasteiger partial charge in [0.25, 0.3) is 0 Å². The monoisotopic (exact) mass is 780 g/mol. The molecule has 1 saturated carbocycles. The van der Waals surface area contributed by atoms with E-state index in [9.17, 15) is 19.2 Å². The van der Waals surface area contributed by atoms with Gasteiger partial charge in [0.15, 0.2) is 6.10 Å². The van der Waals surface area contributed by atoms with E-state index in [1.165, 1.54) is 4.90 Å². The average Bonchev–Trinajstić information content (AvgIpc) is 3.25. The van der Waals surface area contributed by atoms with Gasteiger partial charge in [-0.15, -0.1) is 0 Å². The molecule has 0 spiro atoms. The Hall–Kier alpha value is -3.21. The molecule has 0 radical (unpaired) electrons. The molecule has 2 aliphatic rings. The number of nitrogens with zero attached hydrogens (tertiary/aromatic N) is 2. The van der Waals surface area contributed by atoms with Gasteiger partial charge < -0.3 is 4.74 Å². The van der Waals surface area contributed by atoms with Gasteiger partial charge in [0, 0.05) is 30.6 Å². The van der Waals surface area contributed by atoms with Crippen LogP contribution in [0.5, 0.6) is 0 Å². The number of hydrogen-bond donors (Lipinski definition) is 0. The van der Waals surface area contributed by atoms with Crippen molar-refractivity contribution >= 4 is 87.9 Å². The zero-order chi connectivity index (χ0) is 31.3. The van der Waals surface area contributed by atoms with Crippen LogP contribution in [0.4, 0.5) is 5.69 Å². The van der Waals surface area contributed by atoms with Gasteiger partial charge in [-0.25, -0.2) is 9.78 Å². The summed E-state index contributed by atoms with van der Waals surface area (Å²) in [5.74, 6) is -1.97. The van der Waals surface area contributed by atoms with E-state index in [1.54, 1.807) is 61.5 Å². The van der Waals surface area contributed by atoms with Crippen LogP contribution in [0.1, 0.15) is 46.0 Å². The topological polar surface area (TPSA) is 93.6 Å². The van der Waals surface area contributed by atoms with Gasteiger partial charge in [-0.05, 0) is 62.6 Å². The quantitative estimate of drug-likeness (QED) is 0.0858. The number of aromatic nitrogens is 1. The SMILES string of the molecule is Cc1cc(Br)cc2c(C(=O)OC(C)C(=O)c3ccccc3)cc(-c3ccc(N4C(=O)C5CC(Br)C(Br)CC5C4=O)cc3)nc12. The lowest BCUT2D eigenvalue weighted by Crippen LogP contribution is -2.34. The third kappa shape index (κ3) is 5.68. The number of Topliss-reactive ketones (excluding diaryl/α,β-unsaturated/α-hetero) is 1. The molecule has 44 heavy (non-hydrogen) atoms. The predicted octanol–water partition coefficient (Wildman–Crippen LogP) is 7.83. The number of alkyl halides is 2. The molecule has 0 bridgehead atoms. The minimum absolute atomic E-state index is 0.131. The Labute approximate surface area is 279 Å². The maximum atomic E-state index is 13.6. The van der Waals surface area contributed by atoms with E-state index in [0.29, 0.717) is 46.3 Å². The minimum atomic E-state index is -0.997. The van der Waals surface area contributed by atoms with E-state index in [-0.39, 0.29) is 44.7 Å². The fourth-order valence-electron chi connectivity index (χ4n) is 6.02. The van der Waals surface area contributed by atoms with Crippen molar-refractivity contribution in [3.8, 4) is 11.3 Å². The van der Waals surface area contributed by atoms with Crippen LogP contribution in [0.2, 0.25) is 0 Å². The number of anilines is 1. The van der Waals surface area contributed by atoms with Crippen LogP contribution in [0.25, 0.3) is 22.2 Å². The molecule has 7 nitrogen and oxygen atoms in total. The zero-order valence-electron chi connectivity index (χ0n) is 23.8. The van der Waals surface area contributed by atoms with E-state index in [1.807, 2.05) is 25.1 Å². The lowest BCUT2D eigenvalue weighted by atomic mass is 9.81. The number of ketones is 1. The van der Waals surface area contributed by atoms with Crippen LogP contribution >= 0.6 is 47.8 Å². The molecule has 1 aromatic heterocycles. The summed E-state index contributed by atoms with van der Waals surface area (Å²) in [4.78, 5) is 59.5. The molecule has 1 saturated heterocycles. The van der Waals surface area contributed by atoms with Crippen molar-refractivity contribution in [1.82, 2.24) is 4.98 Å². The van der Waals surface area contributed by atoms with Crippen LogP contribution in [-0.4, -0.2) is 44.3 Å². The number of aryl methyl sites for hydroxylation is 1. The summed E-state index contributed by atoms with van der Waals surface area (Å²) in [5, 5.41) is 0.590. The Balaban J connectivity index is 1.32. The standard InChI is InChI=1S/C34H27Br3N2O5/c1-17-12-21(35)13-23-26(34(43)44-18(2)31(40)20-6-4-3-5-7-20)16-29(38-30(17)23)19-8-10-22(11-9-19)39-32(41)24-14-27(36)28(37)15-25(24)33(39)42/h3-13,16,18,24-25,27-28H,14-15H2,1-2H3. The first-order valence-corrected chi connectivity index (χ1v) is 16.8. The van der Waals surface area contributed by atoms with Crippen LogP contribution in [0.15, 0.2) is 77.3 Å². The number of amides is 2. The number of imide groups is 1. The number of carbonyl (C=O) groups is 4. The molecule has 6 rings (SSSR count). The summed E-state index contributed by atoms with van der Waals surface area (Å²) in [5.41, 5.74) is 3.91. The third-order valence-corrected chi connectivity index (χ3v) is 11.5. The number of pyridine rings is 1. The second-order valence-electron chi connectivity index (χ2n) is 11.2. The highest BCUT2D eigenvalue weighted by atomic mass is 79.9. The molecule has 5 atom stereocenters. The second kappa shape index (κ2) is 12.3. The second-order valence-corrected chi connectivity index (χ2v) is 14.5. The van der Waals surface area contributed by atoms with Gasteiger partial charge in [-0.3, -0.25) is 19.3 Å².